The van der Waals surface area contributed by atoms with Crippen LogP contribution in [0.15, 0.2) is 48.7 Å². The number of anilines is 3. The van der Waals surface area contributed by atoms with Crippen molar-refractivity contribution in [3.63, 3.8) is 0 Å². The minimum Gasteiger partial charge on any atom is -0.383 e. The molecule has 0 radical (unpaired) electrons. The van der Waals surface area contributed by atoms with Crippen molar-refractivity contribution < 1.29 is 0 Å². The summed E-state index contributed by atoms with van der Waals surface area (Å²) in [6.07, 6.45) is 1.83. The molecule has 1 fully saturated rings. The van der Waals surface area contributed by atoms with Crippen molar-refractivity contribution in [2.24, 2.45) is 0 Å². The summed E-state index contributed by atoms with van der Waals surface area (Å²) in [5, 5.41) is 0.906. The summed E-state index contributed by atoms with van der Waals surface area (Å²) in [5.74, 6) is 2.27. The van der Waals surface area contributed by atoms with Gasteiger partial charge in [0.05, 0.1) is 5.52 Å². The first-order valence-electron chi connectivity index (χ1n) is 7.74. The fraction of sp³-hybridized carbons (Fsp3) is 0.235. The van der Waals surface area contributed by atoms with E-state index in [1.807, 2.05) is 48.7 Å². The van der Waals surface area contributed by atoms with Gasteiger partial charge in [-0.3, -0.25) is 0 Å². The van der Waals surface area contributed by atoms with E-state index < -0.39 is 0 Å². The molecule has 0 unspecified atom stereocenters. The Bertz CT molecular complexity index is 812. The third-order valence-corrected chi connectivity index (χ3v) is 4.16. The van der Waals surface area contributed by atoms with Crippen LogP contribution in [0, 0.1) is 0 Å². The number of hydrogen-bond donors (Lipinski definition) is 1. The fourth-order valence-corrected chi connectivity index (χ4v) is 2.91. The van der Waals surface area contributed by atoms with Gasteiger partial charge in [0.15, 0.2) is 0 Å². The fourth-order valence-electron chi connectivity index (χ4n) is 2.91. The summed E-state index contributed by atoms with van der Waals surface area (Å²) in [6.45, 7) is 3.50. The van der Waals surface area contributed by atoms with Crippen LogP contribution in [-0.2, 0) is 0 Å². The number of rotatable bonds is 2. The Morgan fingerprint density at radius 3 is 2.35 bits per heavy atom. The minimum atomic E-state index is 0.540. The summed E-state index contributed by atoms with van der Waals surface area (Å²) in [4.78, 5) is 18.0. The number of hydrogen-bond acceptors (Lipinski definition) is 6. The summed E-state index contributed by atoms with van der Waals surface area (Å²) >= 11 is 0. The Morgan fingerprint density at radius 1 is 0.826 bits per heavy atom. The molecular weight excluding hydrogens is 288 g/mol. The highest BCUT2D eigenvalue weighted by molar-refractivity contribution is 5.88. The number of pyridine rings is 1. The number of piperazine rings is 1. The molecule has 6 heteroatoms. The second-order valence-electron chi connectivity index (χ2n) is 5.59. The zero-order valence-electron chi connectivity index (χ0n) is 12.8. The molecular formula is C17H18N6. The predicted molar refractivity (Wildman–Crippen MR) is 92.6 cm³/mol. The van der Waals surface area contributed by atoms with Crippen LogP contribution in [0.25, 0.3) is 10.9 Å². The number of aromatic nitrogens is 3. The molecule has 1 aliphatic rings. The van der Waals surface area contributed by atoms with Crippen molar-refractivity contribution in [3.8, 4) is 0 Å². The first-order valence-corrected chi connectivity index (χ1v) is 7.74. The van der Waals surface area contributed by atoms with E-state index in [4.69, 9.17) is 5.73 Å². The van der Waals surface area contributed by atoms with Gasteiger partial charge in [-0.2, -0.15) is 4.98 Å². The van der Waals surface area contributed by atoms with Crippen molar-refractivity contribution in [1.82, 2.24) is 15.0 Å². The topological polar surface area (TPSA) is 71.2 Å². The van der Waals surface area contributed by atoms with Gasteiger partial charge in [-0.25, -0.2) is 9.97 Å². The van der Waals surface area contributed by atoms with E-state index in [-0.39, 0.29) is 0 Å². The van der Waals surface area contributed by atoms with E-state index in [1.165, 1.54) is 0 Å². The van der Waals surface area contributed by atoms with Gasteiger partial charge in [-0.1, -0.05) is 18.2 Å². The Hall–Kier alpha value is -2.89. The van der Waals surface area contributed by atoms with Crippen LogP contribution >= 0.6 is 0 Å². The van der Waals surface area contributed by atoms with Crippen LogP contribution < -0.4 is 15.5 Å². The van der Waals surface area contributed by atoms with Gasteiger partial charge in [0.25, 0.3) is 0 Å². The van der Waals surface area contributed by atoms with Crippen LogP contribution in [0.1, 0.15) is 0 Å². The highest BCUT2D eigenvalue weighted by Crippen LogP contribution is 2.22. The average molecular weight is 306 g/mol. The SMILES string of the molecule is Nc1nc(N2CCN(c3ccccn3)CC2)nc2ccccc12. The Balaban J connectivity index is 1.54. The van der Waals surface area contributed by atoms with E-state index >= 15 is 0 Å². The molecule has 0 aliphatic carbocycles. The summed E-state index contributed by atoms with van der Waals surface area (Å²) in [5.41, 5.74) is 6.97. The highest BCUT2D eigenvalue weighted by atomic mass is 15.3. The molecule has 0 bridgehead atoms. The molecule has 1 saturated heterocycles. The molecule has 0 spiro atoms. The van der Waals surface area contributed by atoms with Crippen LogP contribution in [0.3, 0.4) is 0 Å². The standard InChI is InChI=1S/C17H18N6/c18-16-13-5-1-2-6-14(13)20-17(21-16)23-11-9-22(10-12-23)15-7-3-4-8-19-15/h1-8H,9-12H2,(H2,18,20,21). The van der Waals surface area contributed by atoms with Gasteiger partial charge in [0, 0.05) is 37.8 Å². The van der Waals surface area contributed by atoms with Crippen LogP contribution in [0.4, 0.5) is 17.6 Å². The predicted octanol–water partition coefficient (Wildman–Crippen LogP) is 1.93. The lowest BCUT2D eigenvalue weighted by Crippen LogP contribution is -2.47. The maximum atomic E-state index is 6.08. The maximum Gasteiger partial charge on any atom is 0.228 e. The summed E-state index contributed by atoms with van der Waals surface area (Å²) in [6, 6.07) is 13.8. The average Bonchev–Trinajstić information content (AvgIpc) is 2.63. The molecule has 0 atom stereocenters. The van der Waals surface area contributed by atoms with Crippen molar-refractivity contribution >= 4 is 28.5 Å². The third-order valence-electron chi connectivity index (χ3n) is 4.16. The van der Waals surface area contributed by atoms with E-state index in [9.17, 15) is 0 Å². The number of para-hydroxylation sites is 1. The zero-order valence-corrected chi connectivity index (χ0v) is 12.8. The molecule has 1 aliphatic heterocycles. The molecule has 6 nitrogen and oxygen atoms in total. The highest BCUT2D eigenvalue weighted by Gasteiger charge is 2.20. The molecule has 3 heterocycles. The number of nitrogens with zero attached hydrogens (tertiary/aromatic N) is 5. The largest absolute Gasteiger partial charge is 0.383 e. The van der Waals surface area contributed by atoms with Crippen LogP contribution in [-0.4, -0.2) is 41.1 Å². The first-order chi connectivity index (χ1) is 11.3. The molecule has 4 rings (SSSR count). The second kappa shape index (κ2) is 5.72. The molecule has 2 N–H and O–H groups in total. The summed E-state index contributed by atoms with van der Waals surface area (Å²) < 4.78 is 0. The van der Waals surface area contributed by atoms with Crippen LogP contribution in [0.5, 0.6) is 0 Å². The number of benzene rings is 1. The maximum absolute atomic E-state index is 6.08. The van der Waals surface area contributed by atoms with Crippen molar-refractivity contribution in [1.29, 1.82) is 0 Å². The smallest absolute Gasteiger partial charge is 0.228 e. The molecule has 0 amide bonds. The van der Waals surface area contributed by atoms with Crippen LogP contribution in [0.2, 0.25) is 0 Å². The molecule has 23 heavy (non-hydrogen) atoms. The minimum absolute atomic E-state index is 0.540. The number of fused-ring (bicyclic) bond motifs is 1. The molecule has 2 aromatic heterocycles. The van der Waals surface area contributed by atoms with E-state index in [2.05, 4.69) is 24.8 Å². The second-order valence-corrected chi connectivity index (χ2v) is 5.59. The Morgan fingerprint density at radius 2 is 1.57 bits per heavy atom. The first kappa shape index (κ1) is 13.8. The van der Waals surface area contributed by atoms with E-state index in [0.29, 0.717) is 11.8 Å². The van der Waals surface area contributed by atoms with Gasteiger partial charge in [-0.05, 0) is 24.3 Å². The third kappa shape index (κ3) is 2.63. The van der Waals surface area contributed by atoms with Gasteiger partial charge in [0.2, 0.25) is 5.95 Å². The van der Waals surface area contributed by atoms with Gasteiger partial charge in [-0.15, -0.1) is 0 Å². The Labute approximate surface area is 134 Å². The van der Waals surface area contributed by atoms with E-state index in [1.54, 1.807) is 0 Å². The molecule has 116 valence electrons. The van der Waals surface area contributed by atoms with Crippen molar-refractivity contribution in [2.75, 3.05) is 41.7 Å². The summed E-state index contributed by atoms with van der Waals surface area (Å²) in [7, 11) is 0. The van der Waals surface area contributed by atoms with Gasteiger partial charge >= 0.3 is 0 Å². The Kier molecular flexibility index (Phi) is 3.42. The van der Waals surface area contributed by atoms with Crippen molar-refractivity contribution in [2.45, 2.75) is 0 Å². The zero-order chi connectivity index (χ0) is 15.6. The lowest BCUT2D eigenvalue weighted by molar-refractivity contribution is 0.636. The van der Waals surface area contributed by atoms with Gasteiger partial charge in [0.1, 0.15) is 11.6 Å². The van der Waals surface area contributed by atoms with Gasteiger partial charge < -0.3 is 15.5 Å². The monoisotopic (exact) mass is 306 g/mol. The molecule has 0 saturated carbocycles. The quantitative estimate of drug-likeness (QED) is 0.780. The van der Waals surface area contributed by atoms with E-state index in [0.717, 1.165) is 42.9 Å². The lowest BCUT2D eigenvalue weighted by Gasteiger charge is -2.35. The number of nitrogen functional groups attached to an aromatic ring is 1. The molecule has 3 aromatic rings. The molecule has 1 aromatic carbocycles. The normalized spacial score (nSPS) is 15.1. The number of nitrogens with two attached hydrogens (primary N) is 1. The lowest BCUT2D eigenvalue weighted by atomic mass is 10.2. The van der Waals surface area contributed by atoms with Crippen molar-refractivity contribution in [3.05, 3.63) is 48.7 Å².